The summed E-state index contributed by atoms with van der Waals surface area (Å²) in [7, 11) is 1.73. The highest BCUT2D eigenvalue weighted by atomic mass is 16.5. The molecule has 0 radical (unpaired) electrons. The van der Waals surface area contributed by atoms with Crippen LogP contribution in [0, 0.1) is 12.8 Å². The molecule has 0 saturated heterocycles. The van der Waals surface area contributed by atoms with Crippen molar-refractivity contribution in [2.75, 3.05) is 19.0 Å². The van der Waals surface area contributed by atoms with Gasteiger partial charge in [-0.05, 0) is 36.3 Å². The van der Waals surface area contributed by atoms with Crippen LogP contribution in [0.2, 0.25) is 0 Å². The molecule has 74 valence electrons. The van der Waals surface area contributed by atoms with Gasteiger partial charge in [-0.25, -0.2) is 0 Å². The summed E-state index contributed by atoms with van der Waals surface area (Å²) in [5.74, 6) is 2.72. The van der Waals surface area contributed by atoms with Gasteiger partial charge in [-0.15, -0.1) is 0 Å². The van der Waals surface area contributed by atoms with Crippen molar-refractivity contribution in [1.29, 1.82) is 0 Å². The highest BCUT2D eigenvalue weighted by Crippen LogP contribution is 2.53. The molecule has 2 unspecified atom stereocenters. The minimum atomic E-state index is 0.829. The van der Waals surface area contributed by atoms with Crippen LogP contribution in [-0.2, 0) is 0 Å². The molecule has 2 atom stereocenters. The number of fused-ring (bicyclic) bond motifs is 3. The highest BCUT2D eigenvalue weighted by Gasteiger charge is 2.42. The molecule has 3 rings (SSSR count). The third-order valence-corrected chi connectivity index (χ3v) is 3.44. The lowest BCUT2D eigenvalue weighted by molar-refractivity contribution is 0.411. The van der Waals surface area contributed by atoms with Gasteiger partial charge in [0.2, 0.25) is 0 Å². The molecule has 1 fully saturated rings. The van der Waals surface area contributed by atoms with E-state index in [9.17, 15) is 0 Å². The van der Waals surface area contributed by atoms with Gasteiger partial charge in [0.25, 0.3) is 0 Å². The van der Waals surface area contributed by atoms with Gasteiger partial charge in [-0.1, -0.05) is 6.07 Å². The molecule has 1 aromatic rings. The lowest BCUT2D eigenvalue weighted by Crippen LogP contribution is -2.12. The summed E-state index contributed by atoms with van der Waals surface area (Å²) in [5.41, 5.74) is 4.03. The fraction of sp³-hybridized carbons (Fsp3) is 0.500. The van der Waals surface area contributed by atoms with Gasteiger partial charge in [0.1, 0.15) is 5.75 Å². The van der Waals surface area contributed by atoms with Crippen LogP contribution in [0.3, 0.4) is 0 Å². The Morgan fingerprint density at radius 2 is 2.29 bits per heavy atom. The summed E-state index contributed by atoms with van der Waals surface area (Å²) in [6, 6.07) is 4.42. The molecule has 1 saturated carbocycles. The fourth-order valence-corrected chi connectivity index (χ4v) is 2.49. The Balaban J connectivity index is 2.10. The van der Waals surface area contributed by atoms with Crippen LogP contribution in [0.4, 0.5) is 5.69 Å². The van der Waals surface area contributed by atoms with E-state index in [4.69, 9.17) is 4.74 Å². The monoisotopic (exact) mass is 189 g/mol. The Hall–Kier alpha value is -1.18. The van der Waals surface area contributed by atoms with E-state index in [0.717, 1.165) is 24.1 Å². The first-order valence-electron chi connectivity index (χ1n) is 5.22. The molecule has 2 aliphatic rings. The van der Waals surface area contributed by atoms with E-state index in [0.29, 0.717) is 0 Å². The summed E-state index contributed by atoms with van der Waals surface area (Å²) in [6.45, 7) is 3.26. The van der Waals surface area contributed by atoms with Crippen LogP contribution >= 0.6 is 0 Å². The number of aryl methyl sites for hydroxylation is 1. The zero-order valence-corrected chi connectivity index (χ0v) is 8.63. The molecule has 1 heterocycles. The maximum atomic E-state index is 5.32. The van der Waals surface area contributed by atoms with Crippen molar-refractivity contribution in [1.82, 2.24) is 0 Å². The largest absolute Gasteiger partial charge is 0.496 e. The van der Waals surface area contributed by atoms with E-state index < -0.39 is 0 Å². The van der Waals surface area contributed by atoms with Gasteiger partial charge in [0.05, 0.1) is 7.11 Å². The lowest BCUT2D eigenvalue weighted by atomic mass is 10.0. The number of nitrogens with one attached hydrogen (secondary N) is 1. The van der Waals surface area contributed by atoms with Crippen LogP contribution in [0.25, 0.3) is 0 Å². The van der Waals surface area contributed by atoms with Gasteiger partial charge in [0, 0.05) is 18.3 Å². The highest BCUT2D eigenvalue weighted by molar-refractivity contribution is 5.62. The Morgan fingerprint density at radius 1 is 1.43 bits per heavy atom. The fourth-order valence-electron chi connectivity index (χ4n) is 2.49. The zero-order valence-electron chi connectivity index (χ0n) is 8.63. The topological polar surface area (TPSA) is 21.3 Å². The average Bonchev–Trinajstić information content (AvgIpc) is 2.96. The van der Waals surface area contributed by atoms with Crippen LogP contribution in [-0.4, -0.2) is 13.7 Å². The first kappa shape index (κ1) is 8.16. The van der Waals surface area contributed by atoms with Crippen molar-refractivity contribution in [2.24, 2.45) is 5.92 Å². The number of ether oxygens (including phenoxy) is 1. The van der Waals surface area contributed by atoms with Gasteiger partial charge in [0.15, 0.2) is 0 Å². The second kappa shape index (κ2) is 2.66. The van der Waals surface area contributed by atoms with E-state index in [2.05, 4.69) is 24.4 Å². The Morgan fingerprint density at radius 3 is 3.07 bits per heavy atom. The van der Waals surface area contributed by atoms with E-state index in [1.165, 1.54) is 23.2 Å². The first-order chi connectivity index (χ1) is 6.79. The van der Waals surface area contributed by atoms with E-state index in [1.807, 2.05) is 0 Å². The number of hydrogen-bond donors (Lipinski definition) is 1. The molecule has 2 heteroatoms. The van der Waals surface area contributed by atoms with Crippen LogP contribution in [0.1, 0.15) is 23.5 Å². The van der Waals surface area contributed by atoms with Gasteiger partial charge in [-0.2, -0.15) is 0 Å². The average molecular weight is 189 g/mol. The van der Waals surface area contributed by atoms with E-state index in [-0.39, 0.29) is 0 Å². The van der Waals surface area contributed by atoms with Crippen LogP contribution in [0.5, 0.6) is 5.75 Å². The number of methoxy groups -OCH3 is 1. The Labute approximate surface area is 84.3 Å². The van der Waals surface area contributed by atoms with Gasteiger partial charge in [-0.3, -0.25) is 0 Å². The second-order valence-electron chi connectivity index (χ2n) is 4.39. The Kier molecular flexibility index (Phi) is 1.55. The van der Waals surface area contributed by atoms with Crippen molar-refractivity contribution < 1.29 is 4.74 Å². The molecule has 1 N–H and O–H groups in total. The number of benzene rings is 1. The van der Waals surface area contributed by atoms with Gasteiger partial charge < -0.3 is 10.1 Å². The van der Waals surface area contributed by atoms with Gasteiger partial charge >= 0.3 is 0 Å². The summed E-state index contributed by atoms with van der Waals surface area (Å²) in [4.78, 5) is 0. The molecule has 0 spiro atoms. The third-order valence-electron chi connectivity index (χ3n) is 3.44. The molecular formula is C12H15NO. The molecule has 14 heavy (non-hydrogen) atoms. The normalized spacial score (nSPS) is 27.3. The van der Waals surface area contributed by atoms with Crippen LogP contribution < -0.4 is 10.1 Å². The number of anilines is 1. The van der Waals surface area contributed by atoms with Crippen molar-refractivity contribution in [3.05, 3.63) is 23.3 Å². The maximum absolute atomic E-state index is 5.32. The van der Waals surface area contributed by atoms with Crippen molar-refractivity contribution in [3.63, 3.8) is 0 Å². The van der Waals surface area contributed by atoms with Crippen molar-refractivity contribution >= 4 is 5.69 Å². The molecule has 1 aromatic carbocycles. The minimum absolute atomic E-state index is 0.829. The third kappa shape index (κ3) is 1.03. The number of rotatable bonds is 1. The molecule has 0 aromatic heterocycles. The minimum Gasteiger partial charge on any atom is -0.496 e. The number of hydrogen-bond acceptors (Lipinski definition) is 2. The summed E-state index contributed by atoms with van der Waals surface area (Å²) in [5, 5.41) is 3.48. The molecule has 1 aliphatic heterocycles. The second-order valence-corrected chi connectivity index (χ2v) is 4.39. The quantitative estimate of drug-likeness (QED) is 0.733. The smallest absolute Gasteiger partial charge is 0.123 e. The van der Waals surface area contributed by atoms with E-state index >= 15 is 0 Å². The summed E-state index contributed by atoms with van der Waals surface area (Å²) < 4.78 is 5.32. The molecule has 0 amide bonds. The lowest BCUT2D eigenvalue weighted by Gasteiger charge is -2.19. The SMILES string of the molecule is COc1cc2c(cc1C)C1CC1CN2. The molecule has 1 aliphatic carbocycles. The van der Waals surface area contributed by atoms with E-state index in [1.54, 1.807) is 7.11 Å². The predicted octanol–water partition coefficient (Wildman–Crippen LogP) is 2.53. The summed E-state index contributed by atoms with van der Waals surface area (Å²) in [6.07, 6.45) is 1.37. The molecule has 2 nitrogen and oxygen atoms in total. The van der Waals surface area contributed by atoms with Crippen molar-refractivity contribution in [3.8, 4) is 5.75 Å². The Bertz CT molecular complexity index is 386. The zero-order chi connectivity index (χ0) is 9.71. The predicted molar refractivity (Wildman–Crippen MR) is 57.1 cm³/mol. The summed E-state index contributed by atoms with van der Waals surface area (Å²) >= 11 is 0. The molecule has 0 bridgehead atoms. The van der Waals surface area contributed by atoms with Crippen molar-refractivity contribution in [2.45, 2.75) is 19.3 Å². The standard InChI is InChI=1S/C12H15NO/c1-7-3-10-9-4-8(9)6-13-11(10)5-12(7)14-2/h3,5,8-9,13H,4,6H2,1-2H3. The first-order valence-corrected chi connectivity index (χ1v) is 5.22. The molecular weight excluding hydrogens is 174 g/mol. The van der Waals surface area contributed by atoms with Crippen LogP contribution in [0.15, 0.2) is 12.1 Å². The maximum Gasteiger partial charge on any atom is 0.123 e.